The van der Waals surface area contributed by atoms with Gasteiger partial charge in [-0.05, 0) is 25.0 Å². The van der Waals surface area contributed by atoms with Crippen molar-refractivity contribution in [1.29, 1.82) is 0 Å². The molecule has 2 aromatic rings. The molecule has 3 N–H and O–H groups in total. The Labute approximate surface area is 164 Å². The minimum Gasteiger partial charge on any atom is -0.394 e. The van der Waals surface area contributed by atoms with Crippen molar-refractivity contribution in [3.8, 4) is 0 Å². The number of hydrogen-bond acceptors (Lipinski definition) is 6. The normalized spacial score (nSPS) is 33.5. The molecular formula is C22H26O6. The third kappa shape index (κ3) is 3.26. The van der Waals surface area contributed by atoms with Gasteiger partial charge in [-0.3, -0.25) is 0 Å². The van der Waals surface area contributed by atoms with E-state index in [0.29, 0.717) is 0 Å². The summed E-state index contributed by atoms with van der Waals surface area (Å²) < 4.78 is 18.0. The highest BCUT2D eigenvalue weighted by atomic mass is 16.7. The lowest BCUT2D eigenvalue weighted by atomic mass is 9.84. The van der Waals surface area contributed by atoms with Crippen LogP contribution < -0.4 is 0 Å². The second-order valence-corrected chi connectivity index (χ2v) is 7.69. The molecule has 0 amide bonds. The molecule has 2 heterocycles. The second-order valence-electron chi connectivity index (χ2n) is 7.69. The molecule has 2 aromatic carbocycles. The highest BCUT2D eigenvalue weighted by Gasteiger charge is 2.62. The zero-order valence-electron chi connectivity index (χ0n) is 16.0. The van der Waals surface area contributed by atoms with Crippen LogP contribution in [-0.2, 0) is 14.2 Å². The van der Waals surface area contributed by atoms with E-state index < -0.39 is 42.9 Å². The average Bonchev–Trinajstić information content (AvgIpc) is 3.00. The van der Waals surface area contributed by atoms with E-state index in [1.807, 2.05) is 62.4 Å². The van der Waals surface area contributed by atoms with E-state index in [2.05, 4.69) is 0 Å². The third-order valence-electron chi connectivity index (χ3n) is 5.62. The molecule has 2 saturated heterocycles. The number of rotatable bonds is 4. The van der Waals surface area contributed by atoms with E-state index >= 15 is 0 Å². The zero-order valence-corrected chi connectivity index (χ0v) is 16.0. The van der Waals surface area contributed by atoms with E-state index in [9.17, 15) is 15.3 Å². The van der Waals surface area contributed by atoms with Crippen molar-refractivity contribution in [2.75, 3.05) is 13.2 Å². The van der Waals surface area contributed by atoms with Crippen molar-refractivity contribution >= 4 is 0 Å². The summed E-state index contributed by atoms with van der Waals surface area (Å²) in [5.41, 5.74) is 2.23. The van der Waals surface area contributed by atoms with Crippen LogP contribution in [0.1, 0.15) is 34.6 Å². The molecule has 3 unspecified atom stereocenters. The van der Waals surface area contributed by atoms with Gasteiger partial charge in [0.05, 0.1) is 13.2 Å². The van der Waals surface area contributed by atoms with E-state index in [1.165, 1.54) is 0 Å². The summed E-state index contributed by atoms with van der Waals surface area (Å²) in [5, 5.41) is 31.4. The largest absolute Gasteiger partial charge is 0.394 e. The molecule has 150 valence electrons. The number of ether oxygens (including phenoxy) is 3. The maximum Gasteiger partial charge on any atom is 0.184 e. The van der Waals surface area contributed by atoms with Gasteiger partial charge in [0.1, 0.15) is 30.0 Å². The van der Waals surface area contributed by atoms with Crippen LogP contribution in [0, 0.1) is 13.8 Å². The molecule has 2 fully saturated rings. The summed E-state index contributed by atoms with van der Waals surface area (Å²) in [6, 6.07) is 15.3. The van der Waals surface area contributed by atoms with E-state index in [0.717, 1.165) is 22.3 Å². The van der Waals surface area contributed by atoms with Gasteiger partial charge < -0.3 is 29.5 Å². The van der Waals surface area contributed by atoms with E-state index in [1.54, 1.807) is 0 Å². The van der Waals surface area contributed by atoms with Crippen LogP contribution in [0.2, 0.25) is 0 Å². The van der Waals surface area contributed by atoms with Crippen LogP contribution >= 0.6 is 0 Å². The van der Waals surface area contributed by atoms with Gasteiger partial charge in [0.2, 0.25) is 0 Å². The molecule has 0 spiro atoms. The summed E-state index contributed by atoms with van der Waals surface area (Å²) in [6.45, 7) is 3.46. The predicted molar refractivity (Wildman–Crippen MR) is 102 cm³/mol. The molecule has 0 aromatic heterocycles. The maximum absolute atomic E-state index is 11.5. The fourth-order valence-corrected chi connectivity index (χ4v) is 4.16. The van der Waals surface area contributed by atoms with Crippen LogP contribution in [0.3, 0.4) is 0 Å². The Kier molecular flexibility index (Phi) is 5.26. The Bertz CT molecular complexity index is 825. The van der Waals surface area contributed by atoms with Crippen molar-refractivity contribution in [3.63, 3.8) is 0 Å². The highest BCUT2D eigenvalue weighted by molar-refractivity contribution is 5.35. The Morgan fingerprint density at radius 3 is 2.54 bits per heavy atom. The molecule has 6 atom stereocenters. The maximum atomic E-state index is 11.5. The first-order valence-corrected chi connectivity index (χ1v) is 9.50. The lowest BCUT2D eigenvalue weighted by Gasteiger charge is -2.41. The first-order chi connectivity index (χ1) is 13.4. The summed E-state index contributed by atoms with van der Waals surface area (Å²) in [7, 11) is 0. The average molecular weight is 386 g/mol. The fourth-order valence-electron chi connectivity index (χ4n) is 4.16. The van der Waals surface area contributed by atoms with Gasteiger partial charge in [0.25, 0.3) is 0 Å². The number of aryl methyl sites for hydroxylation is 2. The molecule has 6 heteroatoms. The van der Waals surface area contributed by atoms with Gasteiger partial charge in [-0.25, -0.2) is 0 Å². The quantitative estimate of drug-likeness (QED) is 0.744. The van der Waals surface area contributed by atoms with Crippen molar-refractivity contribution in [3.05, 3.63) is 70.8 Å². The molecule has 4 rings (SSSR count). The molecule has 28 heavy (non-hydrogen) atoms. The number of benzene rings is 2. The summed E-state index contributed by atoms with van der Waals surface area (Å²) in [6.07, 6.45) is -4.32. The first-order valence-electron chi connectivity index (χ1n) is 9.50. The van der Waals surface area contributed by atoms with Crippen molar-refractivity contribution in [1.82, 2.24) is 0 Å². The van der Waals surface area contributed by atoms with Crippen molar-refractivity contribution < 1.29 is 29.5 Å². The Morgan fingerprint density at radius 1 is 1.11 bits per heavy atom. The molecular weight excluding hydrogens is 360 g/mol. The van der Waals surface area contributed by atoms with Gasteiger partial charge in [0, 0.05) is 5.56 Å². The van der Waals surface area contributed by atoms with E-state index in [-0.39, 0.29) is 6.61 Å². The lowest BCUT2D eigenvalue weighted by Crippen LogP contribution is -2.56. The van der Waals surface area contributed by atoms with E-state index in [4.69, 9.17) is 14.2 Å². The SMILES string of the molecule is Cc1ccc(C2O[C@H](C(O)CO)[C@@H]3OC(c4ccccc4)OC[C@@]23O)c(C)c1. The third-order valence-corrected chi connectivity index (χ3v) is 5.62. The van der Waals surface area contributed by atoms with Gasteiger partial charge in [-0.15, -0.1) is 0 Å². The number of hydrogen-bond donors (Lipinski definition) is 3. The molecule has 2 aliphatic heterocycles. The zero-order chi connectivity index (χ0) is 19.9. The lowest BCUT2D eigenvalue weighted by molar-refractivity contribution is -0.292. The number of aliphatic hydroxyl groups is 3. The topological polar surface area (TPSA) is 88.4 Å². The molecule has 0 bridgehead atoms. The monoisotopic (exact) mass is 386 g/mol. The second kappa shape index (κ2) is 7.55. The minimum atomic E-state index is -1.48. The van der Waals surface area contributed by atoms with Crippen LogP contribution in [0.25, 0.3) is 0 Å². The Morgan fingerprint density at radius 2 is 1.86 bits per heavy atom. The van der Waals surface area contributed by atoms with Gasteiger partial charge in [-0.1, -0.05) is 54.1 Å². The molecule has 0 saturated carbocycles. The Hall–Kier alpha value is -1.80. The smallest absolute Gasteiger partial charge is 0.184 e. The molecule has 0 aliphatic carbocycles. The fraction of sp³-hybridized carbons (Fsp3) is 0.455. The van der Waals surface area contributed by atoms with Crippen LogP contribution in [0.4, 0.5) is 0 Å². The highest BCUT2D eigenvalue weighted by Crippen LogP contribution is 2.49. The number of aliphatic hydroxyl groups excluding tert-OH is 2. The molecule has 2 aliphatic rings. The van der Waals surface area contributed by atoms with Crippen LogP contribution in [0.15, 0.2) is 48.5 Å². The van der Waals surface area contributed by atoms with Gasteiger partial charge >= 0.3 is 0 Å². The summed E-state index contributed by atoms with van der Waals surface area (Å²) in [5.74, 6) is 0. The summed E-state index contributed by atoms with van der Waals surface area (Å²) >= 11 is 0. The van der Waals surface area contributed by atoms with Gasteiger partial charge in [-0.2, -0.15) is 0 Å². The van der Waals surface area contributed by atoms with Crippen molar-refractivity contribution in [2.45, 2.75) is 50.2 Å². The molecule has 6 nitrogen and oxygen atoms in total. The first kappa shape index (κ1) is 19.5. The number of fused-ring (bicyclic) bond motifs is 1. The molecule has 0 radical (unpaired) electrons. The van der Waals surface area contributed by atoms with Crippen LogP contribution in [-0.4, -0.2) is 52.4 Å². The van der Waals surface area contributed by atoms with Crippen LogP contribution in [0.5, 0.6) is 0 Å². The van der Waals surface area contributed by atoms with Gasteiger partial charge in [0.15, 0.2) is 6.29 Å². The summed E-state index contributed by atoms with van der Waals surface area (Å²) in [4.78, 5) is 0. The minimum absolute atomic E-state index is 0.0101. The standard InChI is InChI=1S/C22H26O6/c1-13-8-9-16(14(2)10-13)19-22(25)12-26-21(15-6-4-3-5-7-15)28-20(22)18(27-19)17(24)11-23/h3-10,17-21,23-25H,11-12H2,1-2H3/t17?,18-,19?,20+,21?,22-/m1/s1. The Balaban J connectivity index is 1.69. The predicted octanol–water partition coefficient (Wildman–Crippen LogP) is 1.94. The van der Waals surface area contributed by atoms with Crippen molar-refractivity contribution in [2.24, 2.45) is 0 Å².